The Labute approximate surface area is 105 Å². The number of hydrogen-bond donors (Lipinski definition) is 2. The molecule has 0 aliphatic carbocycles. The molecule has 0 saturated heterocycles. The standard InChI is InChI=1S/C12H16N2O4/c1-12(2,6-10(15)16)14-11(17)8-4-5-13-7-9(8)18-3/h4-5,7H,6H2,1-3H3,(H,14,17)(H,15,16). The van der Waals surface area contributed by atoms with Crippen LogP contribution >= 0.6 is 0 Å². The Morgan fingerprint density at radius 3 is 2.72 bits per heavy atom. The van der Waals surface area contributed by atoms with Gasteiger partial charge in [0.15, 0.2) is 0 Å². The Hall–Kier alpha value is -2.11. The normalized spacial score (nSPS) is 10.8. The first-order valence-electron chi connectivity index (χ1n) is 5.38. The second-order valence-corrected chi connectivity index (χ2v) is 4.48. The average Bonchev–Trinajstić information content (AvgIpc) is 2.26. The maximum Gasteiger partial charge on any atom is 0.305 e. The van der Waals surface area contributed by atoms with E-state index in [0.29, 0.717) is 11.3 Å². The molecule has 0 spiro atoms. The summed E-state index contributed by atoms with van der Waals surface area (Å²) < 4.78 is 5.02. The van der Waals surface area contributed by atoms with Crippen molar-refractivity contribution in [3.8, 4) is 5.75 Å². The number of amides is 1. The van der Waals surface area contributed by atoms with Gasteiger partial charge in [-0.05, 0) is 19.9 Å². The van der Waals surface area contributed by atoms with Gasteiger partial charge in [-0.25, -0.2) is 0 Å². The molecule has 6 nitrogen and oxygen atoms in total. The van der Waals surface area contributed by atoms with Crippen molar-refractivity contribution in [3.05, 3.63) is 24.0 Å². The molecule has 98 valence electrons. The van der Waals surface area contributed by atoms with Crippen LogP contribution in [0.15, 0.2) is 18.5 Å². The molecule has 2 N–H and O–H groups in total. The second-order valence-electron chi connectivity index (χ2n) is 4.48. The number of carbonyl (C=O) groups is 2. The van der Waals surface area contributed by atoms with Gasteiger partial charge >= 0.3 is 5.97 Å². The minimum atomic E-state index is -0.970. The van der Waals surface area contributed by atoms with Crippen LogP contribution in [0.1, 0.15) is 30.6 Å². The third kappa shape index (κ3) is 3.73. The lowest BCUT2D eigenvalue weighted by atomic mass is 10.00. The van der Waals surface area contributed by atoms with Crippen LogP contribution < -0.4 is 10.1 Å². The van der Waals surface area contributed by atoms with Gasteiger partial charge in [-0.15, -0.1) is 0 Å². The number of carbonyl (C=O) groups excluding carboxylic acids is 1. The average molecular weight is 252 g/mol. The van der Waals surface area contributed by atoms with Crippen LogP contribution in [0.25, 0.3) is 0 Å². The summed E-state index contributed by atoms with van der Waals surface area (Å²) in [4.78, 5) is 26.5. The van der Waals surface area contributed by atoms with Crippen LogP contribution in [0.3, 0.4) is 0 Å². The van der Waals surface area contributed by atoms with E-state index in [-0.39, 0.29) is 12.3 Å². The molecular weight excluding hydrogens is 236 g/mol. The van der Waals surface area contributed by atoms with Gasteiger partial charge in [0.25, 0.3) is 5.91 Å². The largest absolute Gasteiger partial charge is 0.494 e. The predicted octanol–water partition coefficient (Wildman–Crippen LogP) is 1.07. The maximum atomic E-state index is 12.0. The highest BCUT2D eigenvalue weighted by molar-refractivity contribution is 5.97. The Morgan fingerprint density at radius 1 is 1.50 bits per heavy atom. The second kappa shape index (κ2) is 5.48. The van der Waals surface area contributed by atoms with Crippen molar-refractivity contribution in [1.82, 2.24) is 10.3 Å². The molecule has 0 radical (unpaired) electrons. The zero-order valence-corrected chi connectivity index (χ0v) is 10.6. The number of nitrogens with one attached hydrogen (secondary N) is 1. The van der Waals surface area contributed by atoms with E-state index in [1.54, 1.807) is 13.8 Å². The topological polar surface area (TPSA) is 88.5 Å². The van der Waals surface area contributed by atoms with Crippen molar-refractivity contribution in [2.75, 3.05) is 7.11 Å². The quantitative estimate of drug-likeness (QED) is 0.818. The van der Waals surface area contributed by atoms with E-state index in [4.69, 9.17) is 9.84 Å². The van der Waals surface area contributed by atoms with Gasteiger partial charge in [-0.1, -0.05) is 0 Å². The highest BCUT2D eigenvalue weighted by atomic mass is 16.5. The van der Waals surface area contributed by atoms with E-state index in [2.05, 4.69) is 10.3 Å². The Kier molecular flexibility index (Phi) is 4.25. The van der Waals surface area contributed by atoms with Gasteiger partial charge in [0.1, 0.15) is 5.75 Å². The summed E-state index contributed by atoms with van der Waals surface area (Å²) in [6.45, 7) is 3.29. The van der Waals surface area contributed by atoms with Crippen molar-refractivity contribution in [1.29, 1.82) is 0 Å². The SMILES string of the molecule is COc1cnccc1C(=O)NC(C)(C)CC(=O)O. The van der Waals surface area contributed by atoms with Crippen molar-refractivity contribution in [2.45, 2.75) is 25.8 Å². The number of methoxy groups -OCH3 is 1. The lowest BCUT2D eigenvalue weighted by molar-refractivity contribution is -0.138. The van der Waals surface area contributed by atoms with Gasteiger partial charge in [-0.2, -0.15) is 0 Å². The molecule has 0 fully saturated rings. The number of ether oxygens (including phenoxy) is 1. The smallest absolute Gasteiger partial charge is 0.305 e. The molecule has 0 atom stereocenters. The third-order valence-electron chi connectivity index (χ3n) is 2.29. The summed E-state index contributed by atoms with van der Waals surface area (Å²) in [5, 5.41) is 11.4. The molecule has 6 heteroatoms. The van der Waals surface area contributed by atoms with E-state index in [9.17, 15) is 9.59 Å². The number of nitrogens with zero attached hydrogens (tertiary/aromatic N) is 1. The van der Waals surface area contributed by atoms with Crippen molar-refractivity contribution in [2.24, 2.45) is 0 Å². The van der Waals surface area contributed by atoms with Gasteiger partial charge in [-0.3, -0.25) is 14.6 Å². The summed E-state index contributed by atoms with van der Waals surface area (Å²) >= 11 is 0. The lowest BCUT2D eigenvalue weighted by Crippen LogP contribution is -2.45. The minimum Gasteiger partial charge on any atom is -0.494 e. The van der Waals surface area contributed by atoms with Crippen molar-refractivity contribution >= 4 is 11.9 Å². The van der Waals surface area contributed by atoms with E-state index in [0.717, 1.165) is 0 Å². The molecule has 1 aromatic heterocycles. The maximum absolute atomic E-state index is 12.0. The van der Waals surface area contributed by atoms with E-state index in [1.165, 1.54) is 25.6 Å². The van der Waals surface area contributed by atoms with E-state index >= 15 is 0 Å². The van der Waals surface area contributed by atoms with E-state index < -0.39 is 11.5 Å². The van der Waals surface area contributed by atoms with Crippen LogP contribution in [-0.4, -0.2) is 34.6 Å². The fourth-order valence-corrected chi connectivity index (χ4v) is 1.53. The fourth-order valence-electron chi connectivity index (χ4n) is 1.53. The molecular formula is C12H16N2O4. The molecule has 0 aromatic carbocycles. The Balaban J connectivity index is 2.85. The summed E-state index contributed by atoms with van der Waals surface area (Å²) in [5.41, 5.74) is -0.511. The number of aromatic nitrogens is 1. The first kappa shape index (κ1) is 14.0. The fraction of sp³-hybridized carbons (Fsp3) is 0.417. The number of hydrogen-bond acceptors (Lipinski definition) is 4. The van der Waals surface area contributed by atoms with Crippen LogP contribution in [-0.2, 0) is 4.79 Å². The summed E-state index contributed by atoms with van der Waals surface area (Å²) in [7, 11) is 1.44. The third-order valence-corrected chi connectivity index (χ3v) is 2.29. The Bertz CT molecular complexity index is 457. The number of carboxylic acid groups (broad SMARTS) is 1. The van der Waals surface area contributed by atoms with Crippen LogP contribution in [0, 0.1) is 0 Å². The lowest BCUT2D eigenvalue weighted by Gasteiger charge is -2.24. The van der Waals surface area contributed by atoms with Gasteiger partial charge in [0, 0.05) is 11.7 Å². The van der Waals surface area contributed by atoms with Gasteiger partial charge < -0.3 is 15.2 Å². The van der Waals surface area contributed by atoms with Crippen LogP contribution in [0.2, 0.25) is 0 Å². The van der Waals surface area contributed by atoms with Crippen molar-refractivity contribution in [3.63, 3.8) is 0 Å². The predicted molar refractivity (Wildman–Crippen MR) is 64.6 cm³/mol. The first-order chi connectivity index (χ1) is 8.35. The molecule has 0 unspecified atom stereocenters. The molecule has 1 amide bonds. The summed E-state index contributed by atoms with van der Waals surface area (Å²) in [5.74, 6) is -1.01. The molecule has 18 heavy (non-hydrogen) atoms. The molecule has 0 aliphatic heterocycles. The molecule has 1 rings (SSSR count). The van der Waals surface area contributed by atoms with Crippen LogP contribution in [0.4, 0.5) is 0 Å². The highest BCUT2D eigenvalue weighted by Crippen LogP contribution is 2.17. The highest BCUT2D eigenvalue weighted by Gasteiger charge is 2.25. The summed E-state index contributed by atoms with van der Waals surface area (Å²) in [6.07, 6.45) is 2.74. The van der Waals surface area contributed by atoms with Gasteiger partial charge in [0.2, 0.25) is 0 Å². The van der Waals surface area contributed by atoms with Crippen molar-refractivity contribution < 1.29 is 19.4 Å². The molecule has 0 bridgehead atoms. The Morgan fingerprint density at radius 2 is 2.17 bits per heavy atom. The molecule has 1 aromatic rings. The zero-order valence-electron chi connectivity index (χ0n) is 10.6. The molecule has 0 aliphatic rings. The first-order valence-corrected chi connectivity index (χ1v) is 5.38. The van der Waals surface area contributed by atoms with E-state index in [1.807, 2.05) is 0 Å². The molecule has 0 saturated carbocycles. The van der Waals surface area contributed by atoms with Crippen LogP contribution in [0.5, 0.6) is 5.75 Å². The molecule has 1 heterocycles. The number of aliphatic carboxylic acids is 1. The number of rotatable bonds is 5. The monoisotopic (exact) mass is 252 g/mol. The zero-order chi connectivity index (χ0) is 13.8. The van der Waals surface area contributed by atoms with Gasteiger partial charge in [0.05, 0.1) is 25.3 Å². The minimum absolute atomic E-state index is 0.161. The number of carboxylic acids is 1. The number of pyridine rings is 1. The summed E-state index contributed by atoms with van der Waals surface area (Å²) in [6, 6.07) is 1.52.